The van der Waals surface area contributed by atoms with Gasteiger partial charge >= 0.3 is 5.97 Å². The lowest BCUT2D eigenvalue weighted by Gasteiger charge is -2.23. The van der Waals surface area contributed by atoms with Crippen LogP contribution in [0.15, 0.2) is 0 Å². The molecule has 0 aliphatic heterocycles. The van der Waals surface area contributed by atoms with E-state index in [2.05, 4.69) is 0 Å². The van der Waals surface area contributed by atoms with Crippen LogP contribution in [0.1, 0.15) is 79.1 Å². The summed E-state index contributed by atoms with van der Waals surface area (Å²) in [5.74, 6) is -1.22. The molecule has 0 rings (SSSR count). The average molecular weight is 363 g/mol. The zero-order valence-corrected chi connectivity index (χ0v) is 16.2. The quantitative estimate of drug-likeness (QED) is 0.321. The smallest absolute Gasteiger partial charge is 0.309 e. The Hall–Kier alpha value is -2.41. The highest BCUT2D eigenvalue weighted by molar-refractivity contribution is 5.84. The van der Waals surface area contributed by atoms with Gasteiger partial charge in [0.2, 0.25) is 12.4 Å². The third-order valence-electron chi connectivity index (χ3n) is 4.58. The van der Waals surface area contributed by atoms with E-state index >= 15 is 0 Å². The van der Waals surface area contributed by atoms with Crippen molar-refractivity contribution in [2.24, 2.45) is 10.8 Å². The molecule has 7 heteroatoms. The standard InChI is InChI=1S/C19H29N3O4/c1-18(2,16(24)22(13-20)14-21)11-7-5-9-15(23)10-6-8-12-19(3,4)17(25)26/h5-12H2,1-4H3,(H,25,26). The molecule has 0 saturated heterocycles. The highest BCUT2D eigenvalue weighted by Crippen LogP contribution is 2.27. The second-order valence-electron chi connectivity index (χ2n) is 7.87. The van der Waals surface area contributed by atoms with Crippen molar-refractivity contribution in [3.8, 4) is 12.4 Å². The van der Waals surface area contributed by atoms with Crippen LogP contribution in [-0.4, -0.2) is 27.7 Å². The fourth-order valence-corrected chi connectivity index (χ4v) is 2.53. The van der Waals surface area contributed by atoms with Gasteiger partial charge in [0.05, 0.1) is 5.41 Å². The summed E-state index contributed by atoms with van der Waals surface area (Å²) in [4.78, 5) is 35.4. The Bertz CT molecular complexity index is 583. The lowest BCUT2D eigenvalue weighted by Crippen LogP contribution is -2.35. The minimum absolute atomic E-state index is 0.137. The number of nitrogens with zero attached hydrogens (tertiary/aromatic N) is 3. The summed E-state index contributed by atoms with van der Waals surface area (Å²) in [5.41, 5.74) is -1.58. The molecule has 0 saturated carbocycles. The van der Waals surface area contributed by atoms with Crippen molar-refractivity contribution >= 4 is 17.7 Å². The van der Waals surface area contributed by atoms with Crippen LogP contribution >= 0.6 is 0 Å². The number of Topliss-reactive ketones (excluding diaryl/α,β-unsaturated/α-hetero) is 1. The van der Waals surface area contributed by atoms with Gasteiger partial charge in [-0.1, -0.05) is 26.7 Å². The third-order valence-corrected chi connectivity index (χ3v) is 4.58. The maximum absolute atomic E-state index is 12.0. The van der Waals surface area contributed by atoms with Crippen LogP contribution < -0.4 is 0 Å². The number of carboxylic acid groups (broad SMARTS) is 1. The average Bonchev–Trinajstić information content (AvgIpc) is 2.56. The molecule has 0 heterocycles. The van der Waals surface area contributed by atoms with Gasteiger partial charge in [-0.2, -0.15) is 10.5 Å². The first kappa shape index (κ1) is 23.6. The molecule has 7 nitrogen and oxygen atoms in total. The highest BCUT2D eigenvalue weighted by Gasteiger charge is 2.32. The molecule has 0 atom stereocenters. The molecule has 0 aromatic carbocycles. The number of aliphatic carboxylic acids is 1. The van der Waals surface area contributed by atoms with E-state index in [-0.39, 0.29) is 5.78 Å². The van der Waals surface area contributed by atoms with Gasteiger partial charge < -0.3 is 5.11 Å². The fraction of sp³-hybridized carbons (Fsp3) is 0.737. The van der Waals surface area contributed by atoms with E-state index in [0.717, 1.165) is 0 Å². The fourth-order valence-electron chi connectivity index (χ4n) is 2.53. The van der Waals surface area contributed by atoms with Crippen molar-refractivity contribution in [1.29, 1.82) is 10.5 Å². The number of carboxylic acids is 1. The summed E-state index contributed by atoms with van der Waals surface area (Å²) in [6.45, 7) is 6.73. The van der Waals surface area contributed by atoms with Crippen molar-refractivity contribution in [3.05, 3.63) is 0 Å². The molecule has 0 aliphatic rings. The Morgan fingerprint density at radius 1 is 0.846 bits per heavy atom. The van der Waals surface area contributed by atoms with Crippen molar-refractivity contribution in [2.45, 2.75) is 79.1 Å². The monoisotopic (exact) mass is 363 g/mol. The normalized spacial score (nSPS) is 11.3. The zero-order chi connectivity index (χ0) is 20.4. The maximum atomic E-state index is 12.0. The Morgan fingerprint density at radius 2 is 1.27 bits per heavy atom. The van der Waals surface area contributed by atoms with E-state index in [1.165, 1.54) is 0 Å². The van der Waals surface area contributed by atoms with E-state index < -0.39 is 22.7 Å². The van der Waals surface area contributed by atoms with Crippen LogP contribution in [0.3, 0.4) is 0 Å². The number of ketones is 1. The second-order valence-corrected chi connectivity index (χ2v) is 7.87. The Labute approximate surface area is 155 Å². The van der Waals surface area contributed by atoms with Crippen molar-refractivity contribution in [3.63, 3.8) is 0 Å². The second kappa shape index (κ2) is 10.6. The lowest BCUT2D eigenvalue weighted by atomic mass is 9.85. The van der Waals surface area contributed by atoms with E-state index in [1.807, 2.05) is 0 Å². The molecule has 0 unspecified atom stereocenters. The number of nitriles is 2. The van der Waals surface area contributed by atoms with Gasteiger partial charge in [-0.25, -0.2) is 0 Å². The van der Waals surface area contributed by atoms with Crippen LogP contribution in [0.5, 0.6) is 0 Å². The van der Waals surface area contributed by atoms with Crippen LogP contribution in [-0.2, 0) is 14.4 Å². The topological polar surface area (TPSA) is 122 Å². The van der Waals surface area contributed by atoms with Crippen LogP contribution in [0.2, 0.25) is 0 Å². The summed E-state index contributed by atoms with van der Waals surface area (Å²) in [6, 6.07) is 0. The molecule has 0 radical (unpaired) electrons. The van der Waals surface area contributed by atoms with Gasteiger partial charge in [-0.05, 0) is 39.5 Å². The van der Waals surface area contributed by atoms with Gasteiger partial charge in [0.1, 0.15) is 5.78 Å². The predicted octanol–water partition coefficient (Wildman–Crippen LogP) is 3.60. The SMILES string of the molecule is CC(C)(CCCCC(=O)CCCCC(C)(C)C(=O)N(C#N)C#N)C(=O)O. The lowest BCUT2D eigenvalue weighted by molar-refractivity contribution is -0.147. The van der Waals surface area contributed by atoms with Gasteiger partial charge in [-0.3, -0.25) is 14.4 Å². The molecule has 0 aromatic heterocycles. The first-order valence-corrected chi connectivity index (χ1v) is 8.87. The molecule has 1 amide bonds. The highest BCUT2D eigenvalue weighted by atomic mass is 16.4. The number of hydrogen-bond donors (Lipinski definition) is 1. The number of unbranched alkanes of at least 4 members (excludes halogenated alkanes) is 2. The molecule has 0 aromatic rings. The Morgan fingerprint density at radius 3 is 1.65 bits per heavy atom. The largest absolute Gasteiger partial charge is 0.481 e. The molecular weight excluding hydrogens is 334 g/mol. The molecule has 144 valence electrons. The Kier molecular flexibility index (Phi) is 9.57. The van der Waals surface area contributed by atoms with E-state index in [4.69, 9.17) is 15.6 Å². The number of hydrogen-bond acceptors (Lipinski definition) is 5. The zero-order valence-electron chi connectivity index (χ0n) is 16.2. The number of carbonyl (C=O) groups is 3. The van der Waals surface area contributed by atoms with Crippen molar-refractivity contribution < 1.29 is 19.5 Å². The molecule has 0 spiro atoms. The van der Waals surface area contributed by atoms with Gasteiger partial charge in [-0.15, -0.1) is 4.90 Å². The summed E-state index contributed by atoms with van der Waals surface area (Å²) in [6.07, 6.45) is 7.67. The molecule has 1 N–H and O–H groups in total. The summed E-state index contributed by atoms with van der Waals surface area (Å²) in [7, 11) is 0. The van der Waals surface area contributed by atoms with Gasteiger partial charge in [0, 0.05) is 18.3 Å². The molecule has 26 heavy (non-hydrogen) atoms. The number of amides is 1. The number of rotatable bonds is 12. The number of carbonyl (C=O) groups excluding carboxylic acids is 2. The molecule has 0 fully saturated rings. The maximum Gasteiger partial charge on any atom is 0.309 e. The minimum Gasteiger partial charge on any atom is -0.481 e. The summed E-state index contributed by atoms with van der Waals surface area (Å²) >= 11 is 0. The van der Waals surface area contributed by atoms with Crippen molar-refractivity contribution in [1.82, 2.24) is 4.90 Å². The first-order chi connectivity index (χ1) is 12.0. The van der Waals surface area contributed by atoms with Gasteiger partial charge in [0.25, 0.3) is 5.91 Å². The van der Waals surface area contributed by atoms with Crippen LogP contribution in [0, 0.1) is 33.7 Å². The predicted molar refractivity (Wildman–Crippen MR) is 95.2 cm³/mol. The third kappa shape index (κ3) is 8.11. The molecule has 0 bridgehead atoms. The summed E-state index contributed by atoms with van der Waals surface area (Å²) in [5, 5.41) is 26.5. The molecule has 0 aliphatic carbocycles. The minimum atomic E-state index is -0.827. The van der Waals surface area contributed by atoms with Crippen molar-refractivity contribution in [2.75, 3.05) is 0 Å². The van der Waals surface area contributed by atoms with Crippen LogP contribution in [0.25, 0.3) is 0 Å². The van der Waals surface area contributed by atoms with E-state index in [0.29, 0.717) is 56.3 Å². The van der Waals surface area contributed by atoms with E-state index in [9.17, 15) is 14.4 Å². The summed E-state index contributed by atoms with van der Waals surface area (Å²) < 4.78 is 0. The van der Waals surface area contributed by atoms with Crippen LogP contribution in [0.4, 0.5) is 0 Å². The molecular formula is C19H29N3O4. The Balaban J connectivity index is 4.06. The van der Waals surface area contributed by atoms with Gasteiger partial charge in [0.15, 0.2) is 0 Å². The van der Waals surface area contributed by atoms with E-state index in [1.54, 1.807) is 40.1 Å². The first-order valence-electron chi connectivity index (χ1n) is 8.87.